The van der Waals surface area contributed by atoms with E-state index in [2.05, 4.69) is 57.2 Å². The molecule has 0 aromatic heterocycles. The summed E-state index contributed by atoms with van der Waals surface area (Å²) in [5, 5.41) is 2.43. The van der Waals surface area contributed by atoms with Gasteiger partial charge in [-0.3, -0.25) is 0 Å². The monoisotopic (exact) mass is 276 g/mol. The number of benzene rings is 3. The molecule has 1 nitrogen and oxygen atoms in total. The SMILES string of the molecule is CC(C)(C)c1ccc(Oc2ccc3ccccc3c2)cc1. The van der Waals surface area contributed by atoms with Crippen molar-refractivity contribution in [3.05, 3.63) is 72.3 Å². The topological polar surface area (TPSA) is 9.23 Å². The molecule has 0 saturated carbocycles. The van der Waals surface area contributed by atoms with E-state index in [1.54, 1.807) is 0 Å². The van der Waals surface area contributed by atoms with Crippen LogP contribution in [0, 0.1) is 0 Å². The van der Waals surface area contributed by atoms with Gasteiger partial charge in [0, 0.05) is 0 Å². The van der Waals surface area contributed by atoms with Crippen molar-refractivity contribution in [1.29, 1.82) is 0 Å². The average Bonchev–Trinajstić information content (AvgIpc) is 2.47. The van der Waals surface area contributed by atoms with Crippen LogP contribution >= 0.6 is 0 Å². The third-order valence-corrected chi connectivity index (χ3v) is 3.68. The normalized spacial score (nSPS) is 11.6. The molecule has 3 rings (SSSR count). The van der Waals surface area contributed by atoms with Gasteiger partial charge in [-0.1, -0.05) is 63.2 Å². The van der Waals surface area contributed by atoms with Crippen LogP contribution in [0.5, 0.6) is 11.5 Å². The highest BCUT2D eigenvalue weighted by atomic mass is 16.5. The first-order valence-electron chi connectivity index (χ1n) is 7.29. The minimum Gasteiger partial charge on any atom is -0.457 e. The van der Waals surface area contributed by atoms with Gasteiger partial charge >= 0.3 is 0 Å². The minimum absolute atomic E-state index is 0.168. The van der Waals surface area contributed by atoms with Crippen LogP contribution in [0.3, 0.4) is 0 Å². The molecule has 0 aliphatic rings. The van der Waals surface area contributed by atoms with Crippen molar-refractivity contribution in [1.82, 2.24) is 0 Å². The predicted octanol–water partition coefficient (Wildman–Crippen LogP) is 5.93. The molecule has 0 aliphatic carbocycles. The number of hydrogen-bond donors (Lipinski definition) is 0. The first-order valence-corrected chi connectivity index (χ1v) is 7.29. The second-order valence-corrected chi connectivity index (χ2v) is 6.39. The van der Waals surface area contributed by atoms with Crippen LogP contribution in [-0.2, 0) is 5.41 Å². The first-order chi connectivity index (χ1) is 10.0. The molecular formula is C20H20O. The minimum atomic E-state index is 0.168. The van der Waals surface area contributed by atoms with Gasteiger partial charge in [0.1, 0.15) is 11.5 Å². The fourth-order valence-corrected chi connectivity index (χ4v) is 2.39. The Hall–Kier alpha value is -2.28. The fraction of sp³-hybridized carbons (Fsp3) is 0.200. The van der Waals surface area contributed by atoms with Crippen LogP contribution in [0.1, 0.15) is 26.3 Å². The van der Waals surface area contributed by atoms with Crippen molar-refractivity contribution in [2.45, 2.75) is 26.2 Å². The molecule has 0 radical (unpaired) electrons. The van der Waals surface area contributed by atoms with E-state index < -0.39 is 0 Å². The van der Waals surface area contributed by atoms with Gasteiger partial charge in [0.15, 0.2) is 0 Å². The maximum absolute atomic E-state index is 5.95. The largest absolute Gasteiger partial charge is 0.457 e. The Morgan fingerprint density at radius 1 is 0.667 bits per heavy atom. The zero-order chi connectivity index (χ0) is 14.9. The molecule has 0 bridgehead atoms. The number of fused-ring (bicyclic) bond motifs is 1. The number of ether oxygens (including phenoxy) is 1. The molecule has 3 aromatic rings. The van der Waals surface area contributed by atoms with Crippen LogP contribution in [-0.4, -0.2) is 0 Å². The number of rotatable bonds is 2. The van der Waals surface area contributed by atoms with Crippen molar-refractivity contribution in [3.63, 3.8) is 0 Å². The van der Waals surface area contributed by atoms with Gasteiger partial charge in [-0.25, -0.2) is 0 Å². The molecule has 0 amide bonds. The standard InChI is InChI=1S/C20H20O/c1-20(2,3)17-9-12-18(13-10-17)21-19-11-8-15-6-4-5-7-16(15)14-19/h4-14H,1-3H3. The molecule has 3 aromatic carbocycles. The Bertz CT molecular complexity index is 749. The molecule has 106 valence electrons. The molecule has 21 heavy (non-hydrogen) atoms. The highest BCUT2D eigenvalue weighted by Crippen LogP contribution is 2.28. The lowest BCUT2D eigenvalue weighted by Crippen LogP contribution is -2.10. The maximum atomic E-state index is 5.95. The zero-order valence-electron chi connectivity index (χ0n) is 12.8. The summed E-state index contributed by atoms with van der Waals surface area (Å²) < 4.78 is 5.95. The summed E-state index contributed by atoms with van der Waals surface area (Å²) in [6.45, 7) is 6.64. The van der Waals surface area contributed by atoms with Crippen LogP contribution in [0.15, 0.2) is 66.7 Å². The smallest absolute Gasteiger partial charge is 0.128 e. The third kappa shape index (κ3) is 3.08. The molecule has 0 saturated heterocycles. The van der Waals surface area contributed by atoms with Crippen molar-refractivity contribution in [2.75, 3.05) is 0 Å². The molecule has 1 heteroatoms. The summed E-state index contributed by atoms with van der Waals surface area (Å²) in [5.74, 6) is 1.75. The van der Waals surface area contributed by atoms with Gasteiger partial charge in [0.25, 0.3) is 0 Å². The predicted molar refractivity (Wildman–Crippen MR) is 89.2 cm³/mol. The van der Waals surface area contributed by atoms with E-state index in [-0.39, 0.29) is 5.41 Å². The molecule has 0 N–H and O–H groups in total. The fourth-order valence-electron chi connectivity index (χ4n) is 2.39. The Morgan fingerprint density at radius 2 is 1.29 bits per heavy atom. The molecular weight excluding hydrogens is 256 g/mol. The van der Waals surface area contributed by atoms with Gasteiger partial charge in [0.2, 0.25) is 0 Å². The zero-order valence-corrected chi connectivity index (χ0v) is 12.8. The van der Waals surface area contributed by atoms with Crippen LogP contribution in [0.2, 0.25) is 0 Å². The molecule has 0 atom stereocenters. The van der Waals surface area contributed by atoms with E-state index >= 15 is 0 Å². The van der Waals surface area contributed by atoms with Crippen LogP contribution < -0.4 is 4.74 Å². The molecule has 0 spiro atoms. The summed E-state index contributed by atoms with van der Waals surface area (Å²) >= 11 is 0. The van der Waals surface area contributed by atoms with E-state index in [0.717, 1.165) is 11.5 Å². The van der Waals surface area contributed by atoms with Crippen molar-refractivity contribution in [2.24, 2.45) is 0 Å². The van der Waals surface area contributed by atoms with Crippen LogP contribution in [0.4, 0.5) is 0 Å². The number of hydrogen-bond acceptors (Lipinski definition) is 1. The lowest BCUT2D eigenvalue weighted by molar-refractivity contribution is 0.482. The van der Waals surface area contributed by atoms with Crippen molar-refractivity contribution >= 4 is 10.8 Å². The Balaban J connectivity index is 1.84. The summed E-state index contributed by atoms with van der Waals surface area (Å²) in [6, 6.07) is 22.8. The van der Waals surface area contributed by atoms with Gasteiger partial charge in [0.05, 0.1) is 0 Å². The summed E-state index contributed by atoms with van der Waals surface area (Å²) in [6.07, 6.45) is 0. The maximum Gasteiger partial charge on any atom is 0.128 e. The Kier molecular flexibility index (Phi) is 3.42. The van der Waals surface area contributed by atoms with E-state index in [0.29, 0.717) is 0 Å². The second-order valence-electron chi connectivity index (χ2n) is 6.39. The first kappa shape index (κ1) is 13.7. The summed E-state index contributed by atoms with van der Waals surface area (Å²) in [4.78, 5) is 0. The third-order valence-electron chi connectivity index (χ3n) is 3.68. The quantitative estimate of drug-likeness (QED) is 0.563. The van der Waals surface area contributed by atoms with E-state index in [1.165, 1.54) is 16.3 Å². The lowest BCUT2D eigenvalue weighted by Gasteiger charge is -2.19. The Morgan fingerprint density at radius 3 is 1.95 bits per heavy atom. The average molecular weight is 276 g/mol. The van der Waals surface area contributed by atoms with Crippen LogP contribution in [0.25, 0.3) is 10.8 Å². The molecule has 0 unspecified atom stereocenters. The molecule has 0 fully saturated rings. The summed E-state index contributed by atoms with van der Waals surface area (Å²) in [5.41, 5.74) is 1.48. The second kappa shape index (κ2) is 5.25. The van der Waals surface area contributed by atoms with Gasteiger partial charge in [-0.15, -0.1) is 0 Å². The van der Waals surface area contributed by atoms with Gasteiger partial charge in [-0.05, 0) is 46.0 Å². The van der Waals surface area contributed by atoms with E-state index in [4.69, 9.17) is 4.74 Å². The molecule has 0 heterocycles. The highest BCUT2D eigenvalue weighted by Gasteiger charge is 2.13. The Labute approximate surface area is 126 Å². The van der Waals surface area contributed by atoms with E-state index in [9.17, 15) is 0 Å². The lowest BCUT2D eigenvalue weighted by atomic mass is 9.87. The summed E-state index contributed by atoms with van der Waals surface area (Å²) in [7, 11) is 0. The molecule has 0 aliphatic heterocycles. The van der Waals surface area contributed by atoms with Gasteiger partial charge < -0.3 is 4.74 Å². The van der Waals surface area contributed by atoms with Crippen molar-refractivity contribution < 1.29 is 4.74 Å². The van der Waals surface area contributed by atoms with Crippen molar-refractivity contribution in [3.8, 4) is 11.5 Å². The van der Waals surface area contributed by atoms with Gasteiger partial charge in [-0.2, -0.15) is 0 Å². The van der Waals surface area contributed by atoms with E-state index in [1.807, 2.05) is 30.3 Å². The highest BCUT2D eigenvalue weighted by molar-refractivity contribution is 5.83.